The van der Waals surface area contributed by atoms with E-state index in [9.17, 15) is 14.0 Å². The molecule has 2 aromatic carbocycles. The van der Waals surface area contributed by atoms with Crippen molar-refractivity contribution < 1.29 is 14.0 Å². The van der Waals surface area contributed by atoms with Gasteiger partial charge in [-0.3, -0.25) is 9.59 Å². The van der Waals surface area contributed by atoms with E-state index in [0.717, 1.165) is 11.6 Å². The third-order valence-electron chi connectivity index (χ3n) is 4.88. The number of rotatable bonds is 11. The molecule has 11 heteroatoms. The lowest BCUT2D eigenvalue weighted by molar-refractivity contribution is -0.111. The van der Waals surface area contributed by atoms with E-state index in [4.69, 9.17) is 5.26 Å². The Hall–Kier alpha value is -4.05. The van der Waals surface area contributed by atoms with E-state index in [-0.39, 0.29) is 11.6 Å². The van der Waals surface area contributed by atoms with Crippen LogP contribution in [0.4, 0.5) is 27.5 Å². The van der Waals surface area contributed by atoms with Crippen molar-refractivity contribution in [2.24, 2.45) is 0 Å². The molecule has 0 aliphatic rings. The molecule has 3 rings (SSSR count). The molecule has 0 radical (unpaired) electrons. The minimum absolute atomic E-state index is 0.00943. The normalized spacial score (nSPS) is 10.1. The molecule has 0 saturated heterocycles. The Morgan fingerprint density at radius 2 is 1.94 bits per heavy atom. The van der Waals surface area contributed by atoms with E-state index in [1.807, 2.05) is 6.07 Å². The van der Waals surface area contributed by atoms with Crippen LogP contribution in [-0.4, -0.2) is 34.9 Å². The predicted octanol–water partition coefficient (Wildman–Crippen LogP) is 4.52. The largest absolute Gasteiger partial charge is 0.370 e. The number of nitrogens with one attached hydrogen (secondary N) is 4. The summed E-state index contributed by atoms with van der Waals surface area (Å²) in [6.07, 6.45) is 3.41. The van der Waals surface area contributed by atoms with Crippen molar-refractivity contribution in [3.05, 3.63) is 83.8 Å². The number of carbonyl (C=O) groups is 2. The molecule has 3 aromatic rings. The average molecular weight is 599 g/mol. The Kier molecular flexibility index (Phi) is 9.70. The highest BCUT2D eigenvalue weighted by Crippen LogP contribution is 2.23. The van der Waals surface area contributed by atoms with Crippen molar-refractivity contribution in [1.29, 1.82) is 5.26 Å². The summed E-state index contributed by atoms with van der Waals surface area (Å²) in [6.45, 7) is 4.37. The van der Waals surface area contributed by atoms with E-state index in [0.29, 0.717) is 52.5 Å². The summed E-state index contributed by atoms with van der Waals surface area (Å²) < 4.78 is 14.7. The molecule has 0 aliphatic heterocycles. The fraction of sp³-hybridized carbons (Fsp3) is 0.160. The number of carbonyl (C=O) groups excluding carboxylic acids is 2. The lowest BCUT2D eigenvalue weighted by Crippen LogP contribution is -2.26. The first-order valence-electron chi connectivity index (χ1n) is 10.9. The van der Waals surface area contributed by atoms with Gasteiger partial charge in [-0.05, 0) is 55.0 Å². The molecule has 184 valence electrons. The molecule has 0 unspecified atom stereocenters. The zero-order chi connectivity index (χ0) is 25.9. The van der Waals surface area contributed by atoms with Gasteiger partial charge in [0.15, 0.2) is 0 Å². The molecule has 4 N–H and O–H groups in total. The fourth-order valence-corrected chi connectivity index (χ4v) is 3.58. The van der Waals surface area contributed by atoms with E-state index >= 15 is 0 Å². The van der Waals surface area contributed by atoms with Crippen LogP contribution in [0.5, 0.6) is 0 Å². The summed E-state index contributed by atoms with van der Waals surface area (Å²) in [5, 5.41) is 20.4. The summed E-state index contributed by atoms with van der Waals surface area (Å²) in [5.41, 5.74) is 2.40. The van der Waals surface area contributed by atoms with Gasteiger partial charge >= 0.3 is 0 Å². The highest BCUT2D eigenvalue weighted by molar-refractivity contribution is 14.1. The summed E-state index contributed by atoms with van der Waals surface area (Å²) in [7, 11) is 0. The van der Waals surface area contributed by atoms with Gasteiger partial charge in [-0.1, -0.05) is 29.2 Å². The number of benzene rings is 2. The van der Waals surface area contributed by atoms with Crippen LogP contribution in [0.2, 0.25) is 0 Å². The third-order valence-corrected chi connectivity index (χ3v) is 5.70. The molecular formula is C25H23FIN7O2. The van der Waals surface area contributed by atoms with Crippen molar-refractivity contribution in [1.82, 2.24) is 15.3 Å². The number of aromatic nitrogens is 2. The zero-order valence-electron chi connectivity index (χ0n) is 19.1. The molecule has 0 spiro atoms. The fourth-order valence-electron chi connectivity index (χ4n) is 3.02. The van der Waals surface area contributed by atoms with E-state index in [2.05, 4.69) is 60.4 Å². The maximum atomic E-state index is 14.0. The minimum atomic E-state index is -0.578. The van der Waals surface area contributed by atoms with Gasteiger partial charge in [-0.25, -0.2) is 9.37 Å². The van der Waals surface area contributed by atoms with Crippen LogP contribution >= 0.6 is 22.6 Å². The Morgan fingerprint density at radius 1 is 1.17 bits per heavy atom. The van der Waals surface area contributed by atoms with Crippen molar-refractivity contribution in [3.8, 4) is 6.07 Å². The van der Waals surface area contributed by atoms with Gasteiger partial charge in [0.25, 0.3) is 5.91 Å². The monoisotopic (exact) mass is 599 g/mol. The number of hydrogen-bond donors (Lipinski definition) is 4. The molecule has 0 saturated carbocycles. The van der Waals surface area contributed by atoms with Crippen LogP contribution in [0.1, 0.15) is 27.9 Å². The van der Waals surface area contributed by atoms with Gasteiger partial charge in [0, 0.05) is 40.5 Å². The third kappa shape index (κ3) is 7.47. The molecular weight excluding hydrogens is 576 g/mol. The predicted molar refractivity (Wildman–Crippen MR) is 145 cm³/mol. The van der Waals surface area contributed by atoms with E-state index in [1.54, 1.807) is 30.5 Å². The van der Waals surface area contributed by atoms with Crippen molar-refractivity contribution in [2.75, 3.05) is 29.0 Å². The quantitative estimate of drug-likeness (QED) is 0.110. The topological polar surface area (TPSA) is 132 Å². The molecule has 0 fully saturated rings. The minimum Gasteiger partial charge on any atom is -0.370 e. The molecule has 0 bridgehead atoms. The number of anilines is 4. The van der Waals surface area contributed by atoms with Gasteiger partial charge in [0.1, 0.15) is 11.6 Å². The van der Waals surface area contributed by atoms with Crippen LogP contribution in [0.25, 0.3) is 0 Å². The number of alkyl halides is 1. The van der Waals surface area contributed by atoms with Gasteiger partial charge in [-0.2, -0.15) is 10.2 Å². The molecule has 2 amide bonds. The second kappa shape index (κ2) is 13.1. The van der Waals surface area contributed by atoms with Crippen LogP contribution in [0.3, 0.4) is 0 Å². The molecule has 36 heavy (non-hydrogen) atoms. The van der Waals surface area contributed by atoms with E-state index < -0.39 is 11.7 Å². The van der Waals surface area contributed by atoms with Gasteiger partial charge in [0.05, 0.1) is 17.3 Å². The van der Waals surface area contributed by atoms with Crippen molar-refractivity contribution in [2.45, 2.75) is 10.8 Å². The standard InChI is InChI=1S/C25H23FIN7O2/c1-2-22(35)33-21-12-19(8-9-20(21)26)32-25-31-15-18(13-27)23(34-25)29-10-3-11-30-24(36)17-6-4-16(14-28)5-7-17/h2,4-9,12,15H,1,3,10-11,13H2,(H,30,36)(H,33,35)(H2,29,31,32,34). The number of hydrogen-bond acceptors (Lipinski definition) is 7. The van der Waals surface area contributed by atoms with Gasteiger partial charge < -0.3 is 21.3 Å². The van der Waals surface area contributed by atoms with Crippen LogP contribution in [-0.2, 0) is 9.22 Å². The van der Waals surface area contributed by atoms with Crippen molar-refractivity contribution >= 4 is 57.5 Å². The second-order valence-electron chi connectivity index (χ2n) is 7.44. The Morgan fingerprint density at radius 3 is 2.64 bits per heavy atom. The smallest absolute Gasteiger partial charge is 0.251 e. The highest BCUT2D eigenvalue weighted by Gasteiger charge is 2.10. The number of nitrogens with zero attached hydrogens (tertiary/aromatic N) is 3. The first-order valence-corrected chi connectivity index (χ1v) is 12.4. The molecule has 1 heterocycles. The summed E-state index contributed by atoms with van der Waals surface area (Å²) >= 11 is 2.22. The van der Waals surface area contributed by atoms with Gasteiger partial charge in [0.2, 0.25) is 11.9 Å². The zero-order valence-corrected chi connectivity index (χ0v) is 21.3. The van der Waals surface area contributed by atoms with Crippen LogP contribution in [0, 0.1) is 17.1 Å². The first kappa shape index (κ1) is 26.6. The first-order chi connectivity index (χ1) is 17.4. The summed E-state index contributed by atoms with van der Waals surface area (Å²) in [6, 6.07) is 12.6. The number of halogens is 2. The summed E-state index contributed by atoms with van der Waals surface area (Å²) in [5.74, 6) is -0.363. The maximum absolute atomic E-state index is 14.0. The van der Waals surface area contributed by atoms with Crippen LogP contribution < -0.4 is 21.3 Å². The highest BCUT2D eigenvalue weighted by atomic mass is 127. The number of amides is 2. The average Bonchev–Trinajstić information content (AvgIpc) is 2.90. The molecule has 1 aromatic heterocycles. The number of nitriles is 1. The lowest BCUT2D eigenvalue weighted by atomic mass is 10.1. The Labute approximate surface area is 221 Å². The van der Waals surface area contributed by atoms with Crippen LogP contribution in [0.15, 0.2) is 61.3 Å². The Bertz CT molecular complexity index is 1290. The summed E-state index contributed by atoms with van der Waals surface area (Å²) in [4.78, 5) is 32.6. The SMILES string of the molecule is C=CC(=O)Nc1cc(Nc2ncc(CI)c(NCCCNC(=O)c3ccc(C#N)cc3)n2)ccc1F. The molecule has 0 aliphatic carbocycles. The second-order valence-corrected chi connectivity index (χ2v) is 8.20. The maximum Gasteiger partial charge on any atom is 0.251 e. The van der Waals surface area contributed by atoms with E-state index in [1.165, 1.54) is 18.2 Å². The lowest BCUT2D eigenvalue weighted by Gasteiger charge is -2.13. The van der Waals surface area contributed by atoms with Gasteiger partial charge in [-0.15, -0.1) is 0 Å². The molecule has 9 nitrogen and oxygen atoms in total. The Balaban J connectivity index is 1.56. The van der Waals surface area contributed by atoms with Crippen molar-refractivity contribution in [3.63, 3.8) is 0 Å². The molecule has 0 atom stereocenters.